The van der Waals surface area contributed by atoms with Crippen molar-refractivity contribution in [3.8, 4) is 0 Å². The van der Waals surface area contributed by atoms with E-state index in [2.05, 4.69) is 5.73 Å². The van der Waals surface area contributed by atoms with Gasteiger partial charge in [0, 0.05) is 18.3 Å². The molecule has 0 amide bonds. The summed E-state index contributed by atoms with van der Waals surface area (Å²) in [6.45, 7) is 1.54. The van der Waals surface area contributed by atoms with Crippen LogP contribution in [0.15, 0.2) is 0 Å². The second-order valence-electron chi connectivity index (χ2n) is 3.84. The van der Waals surface area contributed by atoms with Crippen LogP contribution in [-0.4, -0.2) is 37.9 Å². The van der Waals surface area contributed by atoms with E-state index in [0.717, 1.165) is 0 Å². The Morgan fingerprint density at radius 2 is 1.76 bits per heavy atom. The Balaban J connectivity index is 4.39. The average Bonchev–Trinajstić information content (AvgIpc) is 2.22. The number of rotatable bonds is 8. The van der Waals surface area contributed by atoms with E-state index in [1.807, 2.05) is 0 Å². The van der Waals surface area contributed by atoms with E-state index < -0.39 is 45.2 Å². The monoisotopic (exact) mass is 266 g/mol. The fourth-order valence-corrected chi connectivity index (χ4v) is 2.98. The Labute approximate surface area is 99.5 Å². The number of sulfone groups is 1. The molecule has 0 aliphatic heterocycles. The molecule has 2 atom stereocenters. The van der Waals surface area contributed by atoms with Gasteiger partial charge in [0.05, 0.1) is 17.5 Å². The highest BCUT2D eigenvalue weighted by molar-refractivity contribution is 7.91. The van der Waals surface area contributed by atoms with E-state index in [1.54, 1.807) is 6.92 Å². The lowest BCUT2D eigenvalue weighted by Crippen LogP contribution is -2.68. The standard InChI is InChI=1S/C9H17NO6S/c1-2-6(8(11)12)5-17(15,16)4-3-7(10)9(13)14/h6-7H,2-5,10H2,1H3,(H,11,12)(H,13,14)/p-1. The Morgan fingerprint density at radius 1 is 1.24 bits per heavy atom. The molecule has 2 unspecified atom stereocenters. The predicted octanol–water partition coefficient (Wildman–Crippen LogP) is -4.07. The fourth-order valence-electron chi connectivity index (χ4n) is 1.18. The van der Waals surface area contributed by atoms with Crippen LogP contribution in [0.5, 0.6) is 0 Å². The minimum atomic E-state index is -3.62. The van der Waals surface area contributed by atoms with Crippen LogP contribution in [0.2, 0.25) is 0 Å². The van der Waals surface area contributed by atoms with Gasteiger partial charge >= 0.3 is 0 Å². The molecule has 0 aliphatic carbocycles. The largest absolute Gasteiger partial charge is 0.550 e. The lowest BCUT2D eigenvalue weighted by molar-refractivity contribution is -0.437. The van der Waals surface area contributed by atoms with Gasteiger partial charge in [0.15, 0.2) is 9.84 Å². The minimum Gasteiger partial charge on any atom is -0.550 e. The van der Waals surface area contributed by atoms with Gasteiger partial charge in [0.1, 0.15) is 6.04 Å². The summed E-state index contributed by atoms with van der Waals surface area (Å²) in [6.07, 6.45) is -0.0377. The molecule has 17 heavy (non-hydrogen) atoms. The number of quaternary nitrogens is 1. The summed E-state index contributed by atoms with van der Waals surface area (Å²) < 4.78 is 23.0. The van der Waals surface area contributed by atoms with E-state index in [9.17, 15) is 28.2 Å². The molecule has 0 saturated carbocycles. The molecule has 8 heteroatoms. The van der Waals surface area contributed by atoms with Crippen LogP contribution in [0.25, 0.3) is 0 Å². The SMILES string of the molecule is CCC(CS(=O)(=O)CCC([NH3+])C(=O)[O-])C(=O)[O-]. The smallest absolute Gasteiger partial charge is 0.151 e. The molecule has 0 aromatic heterocycles. The van der Waals surface area contributed by atoms with Gasteiger partial charge in [-0.2, -0.15) is 0 Å². The first-order chi connectivity index (χ1) is 7.69. The molecular formula is C9H16NO6S-. The van der Waals surface area contributed by atoms with Crippen LogP contribution in [0.4, 0.5) is 0 Å². The molecule has 3 N–H and O–H groups in total. The predicted molar refractivity (Wildman–Crippen MR) is 53.7 cm³/mol. The van der Waals surface area contributed by atoms with Crippen molar-refractivity contribution in [2.45, 2.75) is 25.8 Å². The van der Waals surface area contributed by atoms with Crippen molar-refractivity contribution in [2.75, 3.05) is 11.5 Å². The summed E-state index contributed by atoms with van der Waals surface area (Å²) in [5.41, 5.74) is 3.22. The molecular weight excluding hydrogens is 250 g/mol. The summed E-state index contributed by atoms with van der Waals surface area (Å²) in [5, 5.41) is 20.9. The van der Waals surface area contributed by atoms with Gasteiger partial charge in [-0.25, -0.2) is 8.42 Å². The molecule has 0 spiro atoms. The number of hydrogen-bond acceptors (Lipinski definition) is 6. The van der Waals surface area contributed by atoms with E-state index >= 15 is 0 Å². The van der Waals surface area contributed by atoms with Gasteiger partial charge in [-0.15, -0.1) is 0 Å². The Bertz CT molecular complexity index is 377. The third-order valence-corrected chi connectivity index (χ3v) is 4.16. The van der Waals surface area contributed by atoms with Crippen molar-refractivity contribution in [1.29, 1.82) is 0 Å². The topological polar surface area (TPSA) is 142 Å². The third kappa shape index (κ3) is 6.22. The molecule has 0 fully saturated rings. The van der Waals surface area contributed by atoms with Crippen LogP contribution in [0, 0.1) is 5.92 Å². The van der Waals surface area contributed by atoms with E-state index in [-0.39, 0.29) is 12.8 Å². The molecule has 0 heterocycles. The van der Waals surface area contributed by atoms with Gasteiger partial charge in [-0.05, 0) is 6.42 Å². The lowest BCUT2D eigenvalue weighted by atomic mass is 10.1. The van der Waals surface area contributed by atoms with Crippen molar-refractivity contribution < 1.29 is 34.0 Å². The summed E-state index contributed by atoms with van der Waals surface area (Å²) >= 11 is 0. The quantitative estimate of drug-likeness (QED) is 0.473. The van der Waals surface area contributed by atoms with Crippen LogP contribution in [0.3, 0.4) is 0 Å². The van der Waals surface area contributed by atoms with E-state index in [1.165, 1.54) is 0 Å². The van der Waals surface area contributed by atoms with Crippen LogP contribution >= 0.6 is 0 Å². The first kappa shape index (κ1) is 15.9. The third-order valence-electron chi connectivity index (χ3n) is 2.39. The molecule has 0 bridgehead atoms. The number of carboxylic acids is 2. The van der Waals surface area contributed by atoms with E-state index in [0.29, 0.717) is 0 Å². The molecule has 0 saturated heterocycles. The van der Waals surface area contributed by atoms with Crippen LogP contribution < -0.4 is 15.9 Å². The first-order valence-electron chi connectivity index (χ1n) is 5.14. The van der Waals surface area contributed by atoms with Crippen LogP contribution in [-0.2, 0) is 19.4 Å². The zero-order valence-electron chi connectivity index (χ0n) is 9.55. The number of carboxylic acid groups (broad SMARTS) is 2. The normalized spacial score (nSPS) is 15.2. The highest BCUT2D eigenvalue weighted by Gasteiger charge is 2.21. The van der Waals surface area contributed by atoms with Crippen molar-refractivity contribution in [2.24, 2.45) is 5.92 Å². The number of carbonyl (C=O) groups is 2. The van der Waals surface area contributed by atoms with E-state index in [4.69, 9.17) is 0 Å². The Kier molecular flexibility index (Phi) is 6.11. The maximum Gasteiger partial charge on any atom is 0.151 e. The second kappa shape index (κ2) is 6.55. The molecule has 0 aromatic rings. The second-order valence-corrected chi connectivity index (χ2v) is 6.07. The molecule has 0 rings (SSSR count). The Hall–Kier alpha value is -1.15. The van der Waals surface area contributed by atoms with Gasteiger partial charge in [0.25, 0.3) is 0 Å². The molecule has 0 aromatic carbocycles. The van der Waals surface area contributed by atoms with Gasteiger partial charge in [-0.3, -0.25) is 0 Å². The Morgan fingerprint density at radius 3 is 2.12 bits per heavy atom. The number of hydrogen-bond donors (Lipinski definition) is 1. The zero-order chi connectivity index (χ0) is 13.6. The zero-order valence-corrected chi connectivity index (χ0v) is 10.4. The highest BCUT2D eigenvalue weighted by Crippen LogP contribution is 2.07. The van der Waals surface area contributed by atoms with Crippen molar-refractivity contribution in [1.82, 2.24) is 0 Å². The van der Waals surface area contributed by atoms with Gasteiger partial charge in [-0.1, -0.05) is 6.92 Å². The number of carbonyl (C=O) groups excluding carboxylic acids is 2. The average molecular weight is 266 g/mol. The maximum absolute atomic E-state index is 11.5. The van der Waals surface area contributed by atoms with Gasteiger partial charge < -0.3 is 25.5 Å². The molecule has 0 aliphatic rings. The minimum absolute atomic E-state index is 0.149. The summed E-state index contributed by atoms with van der Waals surface area (Å²) in [5.74, 6) is -4.86. The number of aliphatic carboxylic acids is 2. The van der Waals surface area contributed by atoms with Gasteiger partial charge in [0.2, 0.25) is 0 Å². The summed E-state index contributed by atoms with van der Waals surface area (Å²) in [6, 6.07) is -1.12. The first-order valence-corrected chi connectivity index (χ1v) is 6.97. The van der Waals surface area contributed by atoms with Crippen molar-refractivity contribution in [3.63, 3.8) is 0 Å². The summed E-state index contributed by atoms with van der Waals surface area (Å²) in [4.78, 5) is 20.9. The lowest BCUT2D eigenvalue weighted by Gasteiger charge is -2.16. The summed E-state index contributed by atoms with van der Waals surface area (Å²) in [7, 11) is -3.62. The fraction of sp³-hybridized carbons (Fsp3) is 0.778. The molecule has 7 nitrogen and oxygen atoms in total. The van der Waals surface area contributed by atoms with Crippen molar-refractivity contribution in [3.05, 3.63) is 0 Å². The highest BCUT2D eigenvalue weighted by atomic mass is 32.2. The van der Waals surface area contributed by atoms with Crippen molar-refractivity contribution >= 4 is 21.8 Å². The maximum atomic E-state index is 11.5. The molecule has 0 radical (unpaired) electrons. The van der Waals surface area contributed by atoms with Crippen LogP contribution in [0.1, 0.15) is 19.8 Å². The molecule has 100 valence electrons.